The summed E-state index contributed by atoms with van der Waals surface area (Å²) in [5.74, 6) is -3.80. The third-order valence-corrected chi connectivity index (χ3v) is 2.95. The monoisotopic (exact) mass is 350 g/mol. The third-order valence-electron chi connectivity index (χ3n) is 2.95. The second kappa shape index (κ2) is 14.4. The molecule has 0 fully saturated rings. The van der Waals surface area contributed by atoms with Crippen LogP contribution in [-0.4, -0.2) is 56.4 Å². The first-order chi connectivity index (χ1) is 11.1. The van der Waals surface area contributed by atoms with E-state index in [0.717, 1.165) is 0 Å². The Morgan fingerprint density at radius 2 is 0.917 bits per heavy atom. The van der Waals surface area contributed by atoms with Gasteiger partial charge in [-0.15, -0.1) is 0 Å². The van der Waals surface area contributed by atoms with Crippen LogP contribution < -0.4 is 11.5 Å². The normalized spacial score (nSPS) is 12.4. The molecule has 2 atom stereocenters. The molecule has 24 heavy (non-hydrogen) atoms. The first-order valence-corrected chi connectivity index (χ1v) is 7.48. The third kappa shape index (κ3) is 17.9. The summed E-state index contributed by atoms with van der Waals surface area (Å²) < 4.78 is 0. The Morgan fingerprint density at radius 1 is 0.625 bits per heavy atom. The smallest absolute Gasteiger partial charge is 0.320 e. The van der Waals surface area contributed by atoms with Crippen molar-refractivity contribution in [3.8, 4) is 0 Å². The minimum Gasteiger partial charge on any atom is -0.481 e. The van der Waals surface area contributed by atoms with E-state index in [1.54, 1.807) is 0 Å². The van der Waals surface area contributed by atoms with Gasteiger partial charge in [0.1, 0.15) is 12.1 Å². The van der Waals surface area contributed by atoms with Crippen LogP contribution in [0.1, 0.15) is 51.4 Å². The number of carbonyl (C=O) groups is 4. The zero-order valence-electron chi connectivity index (χ0n) is 13.4. The molecule has 0 aliphatic carbocycles. The fourth-order valence-corrected chi connectivity index (χ4v) is 1.53. The van der Waals surface area contributed by atoms with E-state index < -0.39 is 36.0 Å². The Morgan fingerprint density at radius 3 is 1.12 bits per heavy atom. The standard InChI is InChI=1S/2C7H13NO4/c2*8-5(7(11)12)3-1-2-4-6(9)10/h2*5H,1-4,8H2,(H,9,10)(H,11,12). The first kappa shape index (κ1) is 24.1. The van der Waals surface area contributed by atoms with Crippen LogP contribution in [0, 0.1) is 0 Å². The second-order valence-corrected chi connectivity index (χ2v) is 5.17. The van der Waals surface area contributed by atoms with E-state index in [0.29, 0.717) is 38.5 Å². The molecule has 0 rings (SSSR count). The Hall–Kier alpha value is -2.20. The highest BCUT2D eigenvalue weighted by Crippen LogP contribution is 2.02. The lowest BCUT2D eigenvalue weighted by atomic mass is 10.1. The van der Waals surface area contributed by atoms with Crippen LogP contribution in [0.5, 0.6) is 0 Å². The lowest BCUT2D eigenvalue weighted by Gasteiger charge is -2.03. The van der Waals surface area contributed by atoms with Crippen molar-refractivity contribution in [3.63, 3.8) is 0 Å². The molecule has 0 bridgehead atoms. The average Bonchev–Trinajstić information content (AvgIpc) is 2.47. The van der Waals surface area contributed by atoms with Crippen LogP contribution in [0.15, 0.2) is 0 Å². The van der Waals surface area contributed by atoms with Gasteiger partial charge in [-0.05, 0) is 25.7 Å². The zero-order chi connectivity index (χ0) is 19.1. The van der Waals surface area contributed by atoms with Crippen LogP contribution >= 0.6 is 0 Å². The molecule has 0 aromatic rings. The van der Waals surface area contributed by atoms with Crippen molar-refractivity contribution in [1.82, 2.24) is 0 Å². The summed E-state index contributed by atoms with van der Waals surface area (Å²) in [5, 5.41) is 33.2. The SMILES string of the molecule is NC(CCCCC(=O)O)C(=O)O.NC(CCCCC(=O)O)C(=O)O. The lowest BCUT2D eigenvalue weighted by Crippen LogP contribution is -2.29. The summed E-state index contributed by atoms with van der Waals surface area (Å²) in [4.78, 5) is 40.4. The Labute approximate surface area is 139 Å². The second-order valence-electron chi connectivity index (χ2n) is 5.17. The Bertz CT molecular complexity index is 376. The molecule has 10 heteroatoms. The van der Waals surface area contributed by atoms with Crippen LogP contribution in [0.4, 0.5) is 0 Å². The van der Waals surface area contributed by atoms with Gasteiger partial charge in [-0.2, -0.15) is 0 Å². The average molecular weight is 350 g/mol. The van der Waals surface area contributed by atoms with Gasteiger partial charge < -0.3 is 31.9 Å². The largest absolute Gasteiger partial charge is 0.481 e. The van der Waals surface area contributed by atoms with Crippen molar-refractivity contribution in [1.29, 1.82) is 0 Å². The number of aliphatic carboxylic acids is 4. The number of carboxylic acids is 4. The molecule has 0 saturated heterocycles. The summed E-state index contributed by atoms with van der Waals surface area (Å²) in [5.41, 5.74) is 10.4. The topological polar surface area (TPSA) is 201 Å². The molecule has 0 aliphatic heterocycles. The molecule has 2 unspecified atom stereocenters. The van der Waals surface area contributed by atoms with Gasteiger partial charge in [0, 0.05) is 12.8 Å². The molecule has 10 nitrogen and oxygen atoms in total. The Kier molecular flexibility index (Phi) is 14.4. The predicted molar refractivity (Wildman–Crippen MR) is 83.4 cm³/mol. The van der Waals surface area contributed by atoms with Gasteiger partial charge in [0.2, 0.25) is 0 Å². The van der Waals surface area contributed by atoms with Crippen molar-refractivity contribution in [3.05, 3.63) is 0 Å². The highest BCUT2D eigenvalue weighted by atomic mass is 16.4. The number of hydrogen-bond acceptors (Lipinski definition) is 6. The van der Waals surface area contributed by atoms with Gasteiger partial charge in [0.15, 0.2) is 0 Å². The van der Waals surface area contributed by atoms with Crippen LogP contribution in [0.2, 0.25) is 0 Å². The highest BCUT2D eigenvalue weighted by Gasteiger charge is 2.11. The van der Waals surface area contributed by atoms with E-state index >= 15 is 0 Å². The van der Waals surface area contributed by atoms with E-state index in [4.69, 9.17) is 31.9 Å². The lowest BCUT2D eigenvalue weighted by molar-refractivity contribution is -0.139. The van der Waals surface area contributed by atoms with Gasteiger partial charge in [-0.25, -0.2) is 0 Å². The fraction of sp³-hybridized carbons (Fsp3) is 0.714. The number of nitrogens with two attached hydrogens (primary N) is 2. The number of unbranched alkanes of at least 4 members (excludes halogenated alkanes) is 2. The van der Waals surface area contributed by atoms with Crippen LogP contribution in [0.3, 0.4) is 0 Å². The van der Waals surface area contributed by atoms with Crippen molar-refractivity contribution in [2.75, 3.05) is 0 Å². The van der Waals surface area contributed by atoms with Crippen LogP contribution in [0.25, 0.3) is 0 Å². The molecular formula is C14H26N2O8. The van der Waals surface area contributed by atoms with E-state index in [2.05, 4.69) is 0 Å². The van der Waals surface area contributed by atoms with E-state index in [1.165, 1.54) is 0 Å². The molecule has 0 amide bonds. The van der Waals surface area contributed by atoms with Crippen molar-refractivity contribution in [2.24, 2.45) is 11.5 Å². The molecule has 0 spiro atoms. The van der Waals surface area contributed by atoms with Gasteiger partial charge >= 0.3 is 23.9 Å². The van der Waals surface area contributed by atoms with E-state index in [9.17, 15) is 19.2 Å². The van der Waals surface area contributed by atoms with E-state index in [1.807, 2.05) is 0 Å². The highest BCUT2D eigenvalue weighted by molar-refractivity contribution is 5.73. The van der Waals surface area contributed by atoms with Crippen molar-refractivity contribution >= 4 is 23.9 Å². The maximum Gasteiger partial charge on any atom is 0.320 e. The first-order valence-electron chi connectivity index (χ1n) is 7.48. The minimum absolute atomic E-state index is 0.0757. The molecule has 8 N–H and O–H groups in total. The Balaban J connectivity index is 0. The summed E-state index contributed by atoms with van der Waals surface area (Å²) in [6.07, 6.45) is 2.87. The van der Waals surface area contributed by atoms with Gasteiger partial charge in [-0.1, -0.05) is 12.8 Å². The fourth-order valence-electron chi connectivity index (χ4n) is 1.53. The van der Waals surface area contributed by atoms with Gasteiger partial charge in [0.25, 0.3) is 0 Å². The number of rotatable bonds is 12. The molecule has 0 heterocycles. The number of carboxylic acid groups (broad SMARTS) is 4. The quantitative estimate of drug-likeness (QED) is 0.262. The summed E-state index contributed by atoms with van der Waals surface area (Å²) in [7, 11) is 0. The maximum atomic E-state index is 10.2. The zero-order valence-corrected chi connectivity index (χ0v) is 13.4. The summed E-state index contributed by atoms with van der Waals surface area (Å²) >= 11 is 0. The summed E-state index contributed by atoms with van der Waals surface area (Å²) in [6, 6.07) is -1.72. The number of hydrogen-bond donors (Lipinski definition) is 6. The van der Waals surface area contributed by atoms with Gasteiger partial charge in [0.05, 0.1) is 0 Å². The molecule has 140 valence electrons. The van der Waals surface area contributed by atoms with E-state index in [-0.39, 0.29) is 12.8 Å². The predicted octanol–water partition coefficient (Wildman–Crippen LogP) is 0.0866. The van der Waals surface area contributed by atoms with Crippen LogP contribution in [-0.2, 0) is 19.2 Å². The molecule has 0 radical (unpaired) electrons. The molecule has 0 aromatic carbocycles. The molecule has 0 aromatic heterocycles. The molecule has 0 saturated carbocycles. The molecular weight excluding hydrogens is 324 g/mol. The maximum absolute atomic E-state index is 10.2. The van der Waals surface area contributed by atoms with Gasteiger partial charge in [-0.3, -0.25) is 19.2 Å². The molecule has 0 aliphatic rings. The summed E-state index contributed by atoms with van der Waals surface area (Å²) in [6.45, 7) is 0. The van der Waals surface area contributed by atoms with Crippen molar-refractivity contribution < 1.29 is 39.6 Å². The van der Waals surface area contributed by atoms with Crippen molar-refractivity contribution in [2.45, 2.75) is 63.5 Å². The minimum atomic E-state index is -1.04.